The average Bonchev–Trinajstić information content (AvgIpc) is 2.46. The van der Waals surface area contributed by atoms with E-state index in [1.165, 1.54) is 6.07 Å². The molecule has 1 heterocycles. The Morgan fingerprint density at radius 3 is 3.00 bits per heavy atom. The maximum Gasteiger partial charge on any atom is 0.279 e. The van der Waals surface area contributed by atoms with Gasteiger partial charge in [-0.3, -0.25) is 10.1 Å². The van der Waals surface area contributed by atoms with Crippen LogP contribution < -0.4 is 10.5 Å². The summed E-state index contributed by atoms with van der Waals surface area (Å²) in [6.45, 7) is 0.298. The number of nitro benzene ring substituents is 1. The van der Waals surface area contributed by atoms with Crippen molar-refractivity contribution in [2.24, 2.45) is 5.73 Å². The Morgan fingerprint density at radius 1 is 1.64 bits per heavy atom. The number of halogens is 1. The number of hydrogen-bond donors (Lipinski definition) is 1. The number of ether oxygens (including phenoxy) is 1. The monoisotopic (exact) mass is 258 g/mol. The first-order chi connectivity index (χ1) is 6.59. The fraction of sp³-hybridized carbons (Fsp3) is 0.250. The summed E-state index contributed by atoms with van der Waals surface area (Å²) in [6.07, 6.45) is 0. The SMILES string of the molecule is N[C@H]1COc2cc(Br)cc([N+](=O)[O-])c21. The molecule has 0 spiro atoms. The standard InChI is InChI=1S/C8H7BrN2O3/c9-4-1-6(11(12)13)8-5(10)3-14-7(8)2-4/h1-2,5H,3,10H2/t5-/m0/s1. The molecule has 0 bridgehead atoms. The molecule has 2 N–H and O–H groups in total. The number of rotatable bonds is 1. The van der Waals surface area contributed by atoms with Crippen LogP contribution in [0.1, 0.15) is 11.6 Å². The van der Waals surface area contributed by atoms with Gasteiger partial charge in [0.05, 0.1) is 16.5 Å². The smallest absolute Gasteiger partial charge is 0.279 e. The van der Waals surface area contributed by atoms with Gasteiger partial charge in [-0.05, 0) is 6.07 Å². The summed E-state index contributed by atoms with van der Waals surface area (Å²) in [7, 11) is 0. The molecule has 1 atom stereocenters. The van der Waals surface area contributed by atoms with Crippen molar-refractivity contribution in [3.8, 4) is 5.75 Å². The Morgan fingerprint density at radius 2 is 2.36 bits per heavy atom. The number of nitro groups is 1. The van der Waals surface area contributed by atoms with Crippen molar-refractivity contribution < 1.29 is 9.66 Å². The third-order valence-electron chi connectivity index (χ3n) is 2.07. The summed E-state index contributed by atoms with van der Waals surface area (Å²) >= 11 is 3.18. The number of nitrogens with zero attached hydrogens (tertiary/aromatic N) is 1. The van der Waals surface area contributed by atoms with E-state index >= 15 is 0 Å². The molecule has 1 aliphatic heterocycles. The average molecular weight is 259 g/mol. The van der Waals surface area contributed by atoms with E-state index in [0.717, 1.165) is 0 Å². The molecule has 2 rings (SSSR count). The van der Waals surface area contributed by atoms with Gasteiger partial charge in [0, 0.05) is 10.5 Å². The highest BCUT2D eigenvalue weighted by Crippen LogP contribution is 2.40. The van der Waals surface area contributed by atoms with Gasteiger partial charge >= 0.3 is 0 Å². The van der Waals surface area contributed by atoms with E-state index in [2.05, 4.69) is 15.9 Å². The zero-order valence-electron chi connectivity index (χ0n) is 7.07. The van der Waals surface area contributed by atoms with Crippen LogP contribution in [0.2, 0.25) is 0 Å². The zero-order chi connectivity index (χ0) is 10.3. The van der Waals surface area contributed by atoms with Crippen LogP contribution in [-0.2, 0) is 0 Å². The molecule has 74 valence electrons. The number of benzene rings is 1. The Labute approximate surface area is 88.1 Å². The molecular formula is C8H7BrN2O3. The minimum absolute atomic E-state index is 0.0133. The molecule has 0 unspecified atom stereocenters. The van der Waals surface area contributed by atoms with Crippen LogP contribution in [0.4, 0.5) is 5.69 Å². The van der Waals surface area contributed by atoms with Gasteiger partial charge in [-0.2, -0.15) is 0 Å². The zero-order valence-corrected chi connectivity index (χ0v) is 8.65. The third-order valence-corrected chi connectivity index (χ3v) is 2.53. The van der Waals surface area contributed by atoms with Gasteiger partial charge in [-0.25, -0.2) is 0 Å². The van der Waals surface area contributed by atoms with Crippen molar-refractivity contribution in [3.63, 3.8) is 0 Å². The molecule has 6 heteroatoms. The molecule has 0 fully saturated rings. The first-order valence-electron chi connectivity index (χ1n) is 3.96. The fourth-order valence-electron chi connectivity index (χ4n) is 1.49. The Bertz CT molecular complexity index is 408. The van der Waals surface area contributed by atoms with Crippen LogP contribution in [-0.4, -0.2) is 11.5 Å². The normalized spacial score (nSPS) is 18.9. The van der Waals surface area contributed by atoms with E-state index in [1.807, 2.05) is 0 Å². The van der Waals surface area contributed by atoms with Crippen LogP contribution in [0.3, 0.4) is 0 Å². The topological polar surface area (TPSA) is 78.4 Å². The first-order valence-corrected chi connectivity index (χ1v) is 4.75. The molecule has 0 aliphatic carbocycles. The van der Waals surface area contributed by atoms with Gasteiger partial charge in [0.25, 0.3) is 5.69 Å². The van der Waals surface area contributed by atoms with Crippen LogP contribution in [0.15, 0.2) is 16.6 Å². The van der Waals surface area contributed by atoms with E-state index in [9.17, 15) is 10.1 Å². The van der Waals surface area contributed by atoms with E-state index < -0.39 is 11.0 Å². The summed E-state index contributed by atoms with van der Waals surface area (Å²) in [5, 5.41) is 10.7. The van der Waals surface area contributed by atoms with E-state index in [1.54, 1.807) is 6.07 Å². The van der Waals surface area contributed by atoms with Crippen molar-refractivity contribution in [1.82, 2.24) is 0 Å². The van der Waals surface area contributed by atoms with E-state index in [-0.39, 0.29) is 5.69 Å². The van der Waals surface area contributed by atoms with Crippen molar-refractivity contribution in [3.05, 3.63) is 32.3 Å². The van der Waals surface area contributed by atoms with Crippen LogP contribution >= 0.6 is 15.9 Å². The molecule has 14 heavy (non-hydrogen) atoms. The molecule has 5 nitrogen and oxygen atoms in total. The number of nitrogens with two attached hydrogens (primary N) is 1. The van der Waals surface area contributed by atoms with Gasteiger partial charge in [0.1, 0.15) is 12.4 Å². The Kier molecular flexibility index (Phi) is 2.16. The summed E-state index contributed by atoms with van der Waals surface area (Å²) in [6, 6.07) is 2.72. The molecule has 0 aromatic heterocycles. The Hall–Kier alpha value is -1.14. The molecule has 0 radical (unpaired) electrons. The summed E-state index contributed by atoms with van der Waals surface area (Å²) < 4.78 is 5.85. The molecule has 1 aliphatic rings. The minimum Gasteiger partial charge on any atom is -0.491 e. The first kappa shape index (κ1) is 9.42. The molecule has 1 aromatic carbocycles. The minimum atomic E-state index is -0.446. The van der Waals surface area contributed by atoms with Gasteiger partial charge < -0.3 is 10.5 Å². The van der Waals surface area contributed by atoms with Crippen molar-refractivity contribution in [1.29, 1.82) is 0 Å². The van der Waals surface area contributed by atoms with Gasteiger partial charge in [-0.15, -0.1) is 0 Å². The second kappa shape index (κ2) is 3.21. The fourth-order valence-corrected chi connectivity index (χ4v) is 1.91. The molecular weight excluding hydrogens is 252 g/mol. The summed E-state index contributed by atoms with van der Waals surface area (Å²) in [5.41, 5.74) is 6.19. The Balaban J connectivity index is 2.65. The quantitative estimate of drug-likeness (QED) is 0.615. The van der Waals surface area contributed by atoms with E-state index in [4.69, 9.17) is 10.5 Å². The maximum absolute atomic E-state index is 10.7. The lowest BCUT2D eigenvalue weighted by atomic mass is 10.1. The van der Waals surface area contributed by atoms with Gasteiger partial charge in [0.2, 0.25) is 0 Å². The summed E-state index contributed by atoms with van der Waals surface area (Å²) in [5.74, 6) is 0.499. The molecule has 1 aromatic rings. The lowest BCUT2D eigenvalue weighted by molar-refractivity contribution is -0.385. The lowest BCUT2D eigenvalue weighted by Gasteiger charge is -2.02. The molecule has 0 saturated heterocycles. The summed E-state index contributed by atoms with van der Waals surface area (Å²) in [4.78, 5) is 10.3. The highest BCUT2D eigenvalue weighted by atomic mass is 79.9. The second-order valence-corrected chi connectivity index (χ2v) is 3.93. The van der Waals surface area contributed by atoms with Crippen molar-refractivity contribution in [2.75, 3.05) is 6.61 Å². The van der Waals surface area contributed by atoms with Gasteiger partial charge in [0.15, 0.2) is 0 Å². The predicted octanol–water partition coefficient (Wildman–Crippen LogP) is 1.75. The van der Waals surface area contributed by atoms with Crippen molar-refractivity contribution in [2.45, 2.75) is 6.04 Å². The van der Waals surface area contributed by atoms with Crippen LogP contribution in [0.25, 0.3) is 0 Å². The number of hydrogen-bond acceptors (Lipinski definition) is 4. The second-order valence-electron chi connectivity index (χ2n) is 3.01. The number of fused-ring (bicyclic) bond motifs is 1. The molecule has 0 amide bonds. The van der Waals surface area contributed by atoms with Gasteiger partial charge in [-0.1, -0.05) is 15.9 Å². The molecule has 0 saturated carbocycles. The van der Waals surface area contributed by atoms with Crippen molar-refractivity contribution >= 4 is 21.6 Å². The van der Waals surface area contributed by atoms with Crippen LogP contribution in [0, 0.1) is 10.1 Å². The van der Waals surface area contributed by atoms with E-state index in [0.29, 0.717) is 22.4 Å². The predicted molar refractivity (Wildman–Crippen MR) is 53.2 cm³/mol. The highest BCUT2D eigenvalue weighted by molar-refractivity contribution is 9.10. The largest absolute Gasteiger partial charge is 0.491 e. The lowest BCUT2D eigenvalue weighted by Crippen LogP contribution is -2.12. The highest BCUT2D eigenvalue weighted by Gasteiger charge is 2.30. The third kappa shape index (κ3) is 1.36. The van der Waals surface area contributed by atoms with Crippen LogP contribution in [0.5, 0.6) is 5.75 Å². The maximum atomic E-state index is 10.7.